The maximum absolute atomic E-state index is 4.05. The Bertz CT molecular complexity index is 579. The second-order valence-electron chi connectivity index (χ2n) is 5.45. The first-order valence-corrected chi connectivity index (χ1v) is 7.00. The molecule has 3 rings (SSSR count). The van der Waals surface area contributed by atoms with Crippen molar-refractivity contribution in [2.75, 3.05) is 25.5 Å². The lowest BCUT2D eigenvalue weighted by Crippen LogP contribution is -2.39. The van der Waals surface area contributed by atoms with E-state index in [-0.39, 0.29) is 0 Å². The van der Waals surface area contributed by atoms with Gasteiger partial charge in [-0.15, -0.1) is 5.10 Å². The topological polar surface area (TPSA) is 58.9 Å². The van der Waals surface area contributed by atoms with Crippen LogP contribution in [0.3, 0.4) is 0 Å². The van der Waals surface area contributed by atoms with Crippen molar-refractivity contribution in [1.82, 2.24) is 25.1 Å². The highest BCUT2D eigenvalue weighted by Crippen LogP contribution is 2.21. The lowest BCUT2D eigenvalue weighted by molar-refractivity contribution is 0.261. The van der Waals surface area contributed by atoms with Gasteiger partial charge in [0.2, 0.25) is 0 Å². The van der Waals surface area contributed by atoms with Gasteiger partial charge in [-0.05, 0) is 49.0 Å². The first-order valence-electron chi connectivity index (χ1n) is 7.00. The quantitative estimate of drug-likeness (QED) is 0.915. The Balaban J connectivity index is 1.76. The molecule has 106 valence electrons. The maximum Gasteiger partial charge on any atom is 0.181 e. The molecule has 1 aliphatic heterocycles. The number of likely N-dealkylation sites (N-methyl/N-ethyl adjacent to an activating group) is 1. The standard InChI is InChI=1S/C14H20N6/c1-19-8-4-7-13(10-19)15-12-6-3-5-11(9-12)14-16-17-18-20(14)2/h3,5-6,9,13,15H,4,7-8,10H2,1-2H3. The highest BCUT2D eigenvalue weighted by atomic mass is 15.5. The van der Waals surface area contributed by atoms with Crippen molar-refractivity contribution in [2.45, 2.75) is 18.9 Å². The molecule has 0 spiro atoms. The van der Waals surface area contributed by atoms with Crippen LogP contribution in [-0.2, 0) is 7.05 Å². The van der Waals surface area contributed by atoms with E-state index in [2.05, 4.69) is 44.9 Å². The van der Waals surface area contributed by atoms with Crippen LogP contribution in [0, 0.1) is 0 Å². The molecule has 1 atom stereocenters. The van der Waals surface area contributed by atoms with E-state index in [0.717, 1.165) is 23.6 Å². The number of tetrazole rings is 1. The third kappa shape index (κ3) is 2.80. The predicted molar refractivity (Wildman–Crippen MR) is 78.4 cm³/mol. The van der Waals surface area contributed by atoms with E-state index in [1.165, 1.54) is 19.4 Å². The molecule has 1 unspecified atom stereocenters. The molecule has 1 aromatic heterocycles. The minimum Gasteiger partial charge on any atom is -0.381 e. The number of aromatic nitrogens is 4. The van der Waals surface area contributed by atoms with Crippen molar-refractivity contribution >= 4 is 5.69 Å². The first kappa shape index (κ1) is 13.1. The number of benzene rings is 1. The van der Waals surface area contributed by atoms with E-state index in [9.17, 15) is 0 Å². The third-order valence-electron chi connectivity index (χ3n) is 3.74. The molecule has 0 aliphatic carbocycles. The van der Waals surface area contributed by atoms with Crippen LogP contribution >= 0.6 is 0 Å². The monoisotopic (exact) mass is 272 g/mol. The van der Waals surface area contributed by atoms with Crippen molar-refractivity contribution in [3.63, 3.8) is 0 Å². The summed E-state index contributed by atoms with van der Waals surface area (Å²) in [5.74, 6) is 0.786. The van der Waals surface area contributed by atoms with Gasteiger partial charge in [0.05, 0.1) is 0 Å². The number of anilines is 1. The number of nitrogens with one attached hydrogen (secondary N) is 1. The average Bonchev–Trinajstić information content (AvgIpc) is 2.85. The van der Waals surface area contributed by atoms with Crippen molar-refractivity contribution in [1.29, 1.82) is 0 Å². The second kappa shape index (κ2) is 5.58. The lowest BCUT2D eigenvalue weighted by atomic mass is 10.1. The fraction of sp³-hybridized carbons (Fsp3) is 0.500. The minimum atomic E-state index is 0.515. The summed E-state index contributed by atoms with van der Waals surface area (Å²) < 4.78 is 1.69. The smallest absolute Gasteiger partial charge is 0.181 e. The highest BCUT2D eigenvalue weighted by Gasteiger charge is 2.17. The number of likely N-dealkylation sites (tertiary alicyclic amines) is 1. The zero-order valence-electron chi connectivity index (χ0n) is 12.0. The number of hydrogen-bond acceptors (Lipinski definition) is 5. The Morgan fingerprint density at radius 1 is 1.30 bits per heavy atom. The van der Waals surface area contributed by atoms with Gasteiger partial charge in [-0.1, -0.05) is 12.1 Å². The molecule has 6 heteroatoms. The molecule has 1 N–H and O–H groups in total. The van der Waals surface area contributed by atoms with Crippen LogP contribution in [0.1, 0.15) is 12.8 Å². The number of nitrogens with zero attached hydrogens (tertiary/aromatic N) is 5. The van der Waals surface area contributed by atoms with Crippen LogP contribution in [0.5, 0.6) is 0 Å². The van der Waals surface area contributed by atoms with Crippen LogP contribution in [0.15, 0.2) is 24.3 Å². The second-order valence-corrected chi connectivity index (χ2v) is 5.45. The summed E-state index contributed by atoms with van der Waals surface area (Å²) in [6.07, 6.45) is 2.47. The summed E-state index contributed by atoms with van der Waals surface area (Å²) in [4.78, 5) is 2.37. The number of piperidine rings is 1. The van der Waals surface area contributed by atoms with Gasteiger partial charge in [-0.25, -0.2) is 4.68 Å². The molecule has 2 heterocycles. The summed E-state index contributed by atoms with van der Waals surface area (Å²) >= 11 is 0. The molecule has 20 heavy (non-hydrogen) atoms. The van der Waals surface area contributed by atoms with Gasteiger partial charge >= 0.3 is 0 Å². The fourth-order valence-electron chi connectivity index (χ4n) is 2.74. The largest absolute Gasteiger partial charge is 0.381 e. The lowest BCUT2D eigenvalue weighted by Gasteiger charge is -2.31. The molecular formula is C14H20N6. The molecule has 1 aromatic carbocycles. The average molecular weight is 272 g/mol. The SMILES string of the molecule is CN1CCCC(Nc2cccc(-c3nnnn3C)c2)C1. The molecule has 0 amide bonds. The van der Waals surface area contributed by atoms with Crippen molar-refractivity contribution in [2.24, 2.45) is 7.05 Å². The Hall–Kier alpha value is -1.95. The van der Waals surface area contributed by atoms with Crippen molar-refractivity contribution in [3.8, 4) is 11.4 Å². The van der Waals surface area contributed by atoms with E-state index >= 15 is 0 Å². The molecule has 6 nitrogen and oxygen atoms in total. The van der Waals surface area contributed by atoms with Crippen molar-refractivity contribution in [3.05, 3.63) is 24.3 Å². The Labute approximate surface area is 118 Å². The summed E-state index contributed by atoms with van der Waals surface area (Å²) in [5.41, 5.74) is 2.16. The van der Waals surface area contributed by atoms with Crippen LogP contribution in [0.25, 0.3) is 11.4 Å². The summed E-state index contributed by atoms with van der Waals surface area (Å²) in [5, 5.41) is 15.2. The van der Waals surface area contributed by atoms with Gasteiger partial charge in [0.25, 0.3) is 0 Å². The number of aryl methyl sites for hydroxylation is 1. The van der Waals surface area contributed by atoms with Gasteiger partial charge < -0.3 is 10.2 Å². The Kier molecular flexibility index (Phi) is 3.64. The molecule has 0 bridgehead atoms. The van der Waals surface area contributed by atoms with Crippen LogP contribution < -0.4 is 5.32 Å². The molecule has 2 aromatic rings. The van der Waals surface area contributed by atoms with E-state index in [4.69, 9.17) is 0 Å². The van der Waals surface area contributed by atoms with E-state index < -0.39 is 0 Å². The Morgan fingerprint density at radius 3 is 2.95 bits per heavy atom. The molecule has 1 aliphatic rings. The van der Waals surface area contributed by atoms with Crippen LogP contribution in [-0.4, -0.2) is 51.3 Å². The van der Waals surface area contributed by atoms with Gasteiger partial charge in [-0.2, -0.15) is 0 Å². The first-order chi connectivity index (χ1) is 9.72. The molecular weight excluding hydrogens is 252 g/mol. The maximum atomic E-state index is 4.05. The van der Waals surface area contributed by atoms with Gasteiger partial charge in [0, 0.05) is 30.9 Å². The minimum absolute atomic E-state index is 0.515. The summed E-state index contributed by atoms with van der Waals surface area (Å²) in [6, 6.07) is 8.80. The molecule has 1 saturated heterocycles. The van der Waals surface area contributed by atoms with Gasteiger partial charge in [-0.3, -0.25) is 0 Å². The molecule has 1 fully saturated rings. The zero-order chi connectivity index (χ0) is 13.9. The van der Waals surface area contributed by atoms with E-state index in [0.29, 0.717) is 6.04 Å². The van der Waals surface area contributed by atoms with Gasteiger partial charge in [0.15, 0.2) is 5.82 Å². The van der Waals surface area contributed by atoms with Gasteiger partial charge in [0.1, 0.15) is 0 Å². The van der Waals surface area contributed by atoms with E-state index in [1.807, 2.05) is 19.2 Å². The third-order valence-corrected chi connectivity index (χ3v) is 3.74. The predicted octanol–water partition coefficient (Wildman–Crippen LogP) is 1.38. The normalized spacial score (nSPS) is 20.0. The molecule has 0 radical (unpaired) electrons. The van der Waals surface area contributed by atoms with Crippen molar-refractivity contribution < 1.29 is 0 Å². The number of hydrogen-bond donors (Lipinski definition) is 1. The van der Waals surface area contributed by atoms with Crippen LogP contribution in [0.4, 0.5) is 5.69 Å². The molecule has 0 saturated carbocycles. The highest BCUT2D eigenvalue weighted by molar-refractivity contribution is 5.62. The van der Waals surface area contributed by atoms with Crippen LogP contribution in [0.2, 0.25) is 0 Å². The zero-order valence-corrected chi connectivity index (χ0v) is 12.0. The van der Waals surface area contributed by atoms with E-state index in [1.54, 1.807) is 4.68 Å². The summed E-state index contributed by atoms with van der Waals surface area (Å²) in [6.45, 7) is 2.29. The Morgan fingerprint density at radius 2 is 2.20 bits per heavy atom. The summed E-state index contributed by atoms with van der Waals surface area (Å²) in [7, 11) is 4.03. The fourth-order valence-corrected chi connectivity index (χ4v) is 2.74. The number of rotatable bonds is 3.